The third-order valence-corrected chi connectivity index (χ3v) is 3.01. The van der Waals surface area contributed by atoms with Crippen LogP contribution in [0.25, 0.3) is 0 Å². The standard InChI is InChI=1S/C14H17ClN4O/c1-2-19-12(7-8-17-19)10-20-13-5-3-11(4-6-13)18-14(16)9-15/h3-8H,2,9-10H2,1H3,(H2,16,18). The number of amidine groups is 1. The molecule has 0 bridgehead atoms. The van der Waals surface area contributed by atoms with Crippen LogP contribution in [-0.4, -0.2) is 21.5 Å². The Labute approximate surface area is 123 Å². The van der Waals surface area contributed by atoms with Gasteiger partial charge in [-0.05, 0) is 37.3 Å². The van der Waals surface area contributed by atoms with Gasteiger partial charge in [-0.25, -0.2) is 4.99 Å². The maximum absolute atomic E-state index is 5.71. The highest BCUT2D eigenvalue weighted by atomic mass is 35.5. The summed E-state index contributed by atoms with van der Waals surface area (Å²) in [5.74, 6) is 1.39. The van der Waals surface area contributed by atoms with Gasteiger partial charge in [-0.1, -0.05) is 0 Å². The van der Waals surface area contributed by atoms with Gasteiger partial charge in [-0.2, -0.15) is 5.10 Å². The SMILES string of the molecule is CCn1nccc1COc1ccc(N=C(N)CCl)cc1. The molecule has 5 nitrogen and oxygen atoms in total. The van der Waals surface area contributed by atoms with Crippen molar-refractivity contribution in [2.45, 2.75) is 20.1 Å². The molecule has 0 amide bonds. The van der Waals surface area contributed by atoms with Gasteiger partial charge in [0.05, 0.1) is 17.3 Å². The zero-order chi connectivity index (χ0) is 14.4. The van der Waals surface area contributed by atoms with Crippen molar-refractivity contribution in [2.75, 3.05) is 5.88 Å². The van der Waals surface area contributed by atoms with Gasteiger partial charge in [-0.3, -0.25) is 4.68 Å². The third kappa shape index (κ3) is 3.74. The number of halogens is 1. The summed E-state index contributed by atoms with van der Waals surface area (Å²) < 4.78 is 7.62. The highest BCUT2D eigenvalue weighted by Gasteiger charge is 2.02. The first-order valence-corrected chi connectivity index (χ1v) is 6.89. The summed E-state index contributed by atoms with van der Waals surface area (Å²) in [7, 11) is 0. The second-order valence-electron chi connectivity index (χ2n) is 4.16. The van der Waals surface area contributed by atoms with Crippen LogP contribution < -0.4 is 10.5 Å². The minimum atomic E-state index is 0.221. The largest absolute Gasteiger partial charge is 0.487 e. The van der Waals surface area contributed by atoms with Crippen molar-refractivity contribution in [3.8, 4) is 5.75 Å². The minimum Gasteiger partial charge on any atom is -0.487 e. The number of aryl methyl sites for hydroxylation is 1. The molecule has 0 fully saturated rings. The van der Waals surface area contributed by atoms with E-state index in [0.717, 1.165) is 23.7 Å². The summed E-state index contributed by atoms with van der Waals surface area (Å²) in [5, 5.41) is 4.20. The van der Waals surface area contributed by atoms with E-state index >= 15 is 0 Å². The van der Waals surface area contributed by atoms with Gasteiger partial charge < -0.3 is 10.5 Å². The van der Waals surface area contributed by atoms with Gasteiger partial charge in [-0.15, -0.1) is 11.6 Å². The summed E-state index contributed by atoms with van der Waals surface area (Å²) in [4.78, 5) is 4.15. The molecule has 106 valence electrons. The van der Waals surface area contributed by atoms with E-state index in [9.17, 15) is 0 Å². The predicted molar refractivity (Wildman–Crippen MR) is 80.7 cm³/mol. The Balaban J connectivity index is 1.97. The number of hydrogen-bond donors (Lipinski definition) is 1. The van der Waals surface area contributed by atoms with Gasteiger partial charge in [0, 0.05) is 12.7 Å². The molecule has 0 aliphatic carbocycles. The molecule has 0 unspecified atom stereocenters. The van der Waals surface area contributed by atoms with Crippen LogP contribution in [0.1, 0.15) is 12.6 Å². The first kappa shape index (κ1) is 14.4. The highest BCUT2D eigenvalue weighted by molar-refractivity contribution is 6.28. The van der Waals surface area contributed by atoms with E-state index in [1.807, 2.05) is 41.9 Å². The zero-order valence-electron chi connectivity index (χ0n) is 11.3. The van der Waals surface area contributed by atoms with E-state index in [0.29, 0.717) is 12.4 Å². The van der Waals surface area contributed by atoms with Crippen LogP contribution in [0.5, 0.6) is 5.75 Å². The lowest BCUT2D eigenvalue weighted by Gasteiger charge is -2.08. The van der Waals surface area contributed by atoms with Crippen molar-refractivity contribution >= 4 is 23.1 Å². The molecule has 1 aromatic carbocycles. The molecule has 1 heterocycles. The predicted octanol–water partition coefficient (Wildman–Crippen LogP) is 2.71. The first-order chi connectivity index (χ1) is 9.72. The lowest BCUT2D eigenvalue weighted by atomic mass is 10.3. The summed E-state index contributed by atoms with van der Waals surface area (Å²) in [6, 6.07) is 9.33. The Kier molecular flexibility index (Phi) is 5.01. The summed E-state index contributed by atoms with van der Waals surface area (Å²) >= 11 is 5.58. The maximum atomic E-state index is 5.71. The van der Waals surface area contributed by atoms with Crippen molar-refractivity contribution in [2.24, 2.45) is 10.7 Å². The molecule has 0 saturated heterocycles. The average molecular weight is 293 g/mol. The molecule has 0 spiro atoms. The van der Waals surface area contributed by atoms with Crippen LogP contribution in [0.15, 0.2) is 41.5 Å². The topological polar surface area (TPSA) is 65.4 Å². The fourth-order valence-electron chi connectivity index (χ4n) is 1.74. The van der Waals surface area contributed by atoms with Crippen LogP contribution in [0.2, 0.25) is 0 Å². The van der Waals surface area contributed by atoms with Crippen molar-refractivity contribution in [1.29, 1.82) is 0 Å². The maximum Gasteiger partial charge on any atom is 0.130 e. The number of ether oxygens (including phenoxy) is 1. The fourth-order valence-corrected chi connectivity index (χ4v) is 1.80. The van der Waals surface area contributed by atoms with Gasteiger partial charge in [0.25, 0.3) is 0 Å². The van der Waals surface area contributed by atoms with Crippen molar-refractivity contribution in [1.82, 2.24) is 9.78 Å². The van der Waals surface area contributed by atoms with E-state index in [-0.39, 0.29) is 5.88 Å². The highest BCUT2D eigenvalue weighted by Crippen LogP contribution is 2.19. The molecule has 1 aromatic heterocycles. The number of nitrogens with zero attached hydrogens (tertiary/aromatic N) is 3. The number of rotatable bonds is 6. The van der Waals surface area contributed by atoms with Gasteiger partial charge >= 0.3 is 0 Å². The fraction of sp³-hybridized carbons (Fsp3) is 0.286. The van der Waals surface area contributed by atoms with Crippen molar-refractivity contribution in [3.05, 3.63) is 42.2 Å². The summed E-state index contributed by atoms with van der Waals surface area (Å²) in [6.07, 6.45) is 1.77. The monoisotopic (exact) mass is 292 g/mol. The molecule has 0 aliphatic heterocycles. The molecular formula is C14H17ClN4O. The van der Waals surface area contributed by atoms with Crippen LogP contribution in [-0.2, 0) is 13.2 Å². The quantitative estimate of drug-likeness (QED) is 0.506. The summed E-state index contributed by atoms with van der Waals surface area (Å²) in [6.45, 7) is 3.36. The number of nitrogens with two attached hydrogens (primary N) is 1. The Morgan fingerprint density at radius 2 is 2.10 bits per heavy atom. The Morgan fingerprint density at radius 1 is 1.35 bits per heavy atom. The molecule has 2 rings (SSSR count). The van der Waals surface area contributed by atoms with Crippen molar-refractivity contribution < 1.29 is 4.74 Å². The lowest BCUT2D eigenvalue weighted by Crippen LogP contribution is -2.12. The normalized spacial score (nSPS) is 11.6. The molecule has 20 heavy (non-hydrogen) atoms. The first-order valence-electron chi connectivity index (χ1n) is 6.35. The number of hydrogen-bond acceptors (Lipinski definition) is 3. The van der Waals surface area contributed by atoms with Crippen LogP contribution in [0, 0.1) is 0 Å². The second kappa shape index (κ2) is 6.96. The average Bonchev–Trinajstić information content (AvgIpc) is 2.94. The second-order valence-corrected chi connectivity index (χ2v) is 4.42. The smallest absolute Gasteiger partial charge is 0.130 e. The Morgan fingerprint density at radius 3 is 2.75 bits per heavy atom. The molecule has 0 radical (unpaired) electrons. The van der Waals surface area contributed by atoms with Crippen molar-refractivity contribution in [3.63, 3.8) is 0 Å². The van der Waals surface area contributed by atoms with Crippen LogP contribution in [0.4, 0.5) is 5.69 Å². The minimum absolute atomic E-state index is 0.221. The third-order valence-electron chi connectivity index (χ3n) is 2.74. The Bertz CT molecular complexity index is 577. The summed E-state index contributed by atoms with van der Waals surface area (Å²) in [5.41, 5.74) is 7.38. The molecule has 0 atom stereocenters. The lowest BCUT2D eigenvalue weighted by molar-refractivity contribution is 0.292. The van der Waals surface area contributed by atoms with E-state index in [1.54, 1.807) is 6.20 Å². The molecule has 2 aromatic rings. The van der Waals surface area contributed by atoms with E-state index in [2.05, 4.69) is 10.1 Å². The number of aromatic nitrogens is 2. The van der Waals surface area contributed by atoms with Crippen LogP contribution >= 0.6 is 11.6 Å². The number of alkyl halides is 1. The molecule has 2 N–H and O–H groups in total. The van der Waals surface area contributed by atoms with E-state index < -0.39 is 0 Å². The van der Waals surface area contributed by atoms with E-state index in [1.165, 1.54) is 0 Å². The van der Waals surface area contributed by atoms with E-state index in [4.69, 9.17) is 22.1 Å². The number of aliphatic imine (C=N–C) groups is 1. The zero-order valence-corrected chi connectivity index (χ0v) is 12.0. The molecule has 6 heteroatoms. The van der Waals surface area contributed by atoms with Gasteiger partial charge in [0.2, 0.25) is 0 Å². The molecule has 0 saturated carbocycles. The van der Waals surface area contributed by atoms with Gasteiger partial charge in [0.15, 0.2) is 0 Å². The molecular weight excluding hydrogens is 276 g/mol. The Hall–Kier alpha value is -2.01. The van der Waals surface area contributed by atoms with Crippen LogP contribution in [0.3, 0.4) is 0 Å². The van der Waals surface area contributed by atoms with Gasteiger partial charge in [0.1, 0.15) is 18.2 Å². The number of benzene rings is 1. The molecule has 0 aliphatic rings.